The molecule has 1 aromatic rings. The Morgan fingerprint density at radius 3 is 2.71 bits per heavy atom. The molecular weight excluding hydrogens is 269 g/mol. The maximum absolute atomic E-state index is 12.8. The van der Waals surface area contributed by atoms with E-state index in [0.717, 1.165) is 5.92 Å². The van der Waals surface area contributed by atoms with E-state index in [9.17, 15) is 9.50 Å². The van der Waals surface area contributed by atoms with Gasteiger partial charge in [-0.1, -0.05) is 26.2 Å². The van der Waals surface area contributed by atoms with E-state index in [1.165, 1.54) is 44.2 Å². The Labute approximate surface area is 126 Å². The van der Waals surface area contributed by atoms with Gasteiger partial charge in [-0.15, -0.1) is 0 Å². The van der Waals surface area contributed by atoms with Crippen LogP contribution in [0.5, 0.6) is 5.75 Å². The van der Waals surface area contributed by atoms with Crippen molar-refractivity contribution in [3.05, 3.63) is 30.1 Å². The van der Waals surface area contributed by atoms with Crippen LogP contribution in [0.2, 0.25) is 0 Å². The van der Waals surface area contributed by atoms with Gasteiger partial charge in [-0.25, -0.2) is 4.39 Å². The third kappa shape index (κ3) is 5.29. The first kappa shape index (κ1) is 16.2. The Balaban J connectivity index is 1.69. The SMILES string of the molecule is CCC1CCCCC1NCC(O)COc1ccc(F)cc1. The zero-order chi connectivity index (χ0) is 15.1. The molecule has 4 heteroatoms. The molecule has 0 bridgehead atoms. The number of halogens is 1. The van der Waals surface area contributed by atoms with Crippen LogP contribution in [0, 0.1) is 11.7 Å². The predicted molar refractivity (Wildman–Crippen MR) is 81.9 cm³/mol. The molecule has 0 amide bonds. The van der Waals surface area contributed by atoms with Crippen molar-refractivity contribution in [2.45, 2.75) is 51.2 Å². The van der Waals surface area contributed by atoms with Gasteiger partial charge in [-0.05, 0) is 43.0 Å². The lowest BCUT2D eigenvalue weighted by atomic mass is 9.83. The van der Waals surface area contributed by atoms with E-state index < -0.39 is 6.10 Å². The number of aliphatic hydroxyl groups is 1. The number of ether oxygens (including phenoxy) is 1. The van der Waals surface area contributed by atoms with Crippen LogP contribution in [0.4, 0.5) is 4.39 Å². The summed E-state index contributed by atoms with van der Waals surface area (Å²) < 4.78 is 18.2. The lowest BCUT2D eigenvalue weighted by Crippen LogP contribution is -2.43. The van der Waals surface area contributed by atoms with Gasteiger partial charge >= 0.3 is 0 Å². The average molecular weight is 295 g/mol. The Kier molecular flexibility index (Phi) is 6.46. The van der Waals surface area contributed by atoms with Crippen LogP contribution in [-0.4, -0.2) is 30.4 Å². The summed E-state index contributed by atoms with van der Waals surface area (Å²) in [4.78, 5) is 0. The molecule has 1 aromatic carbocycles. The zero-order valence-electron chi connectivity index (χ0n) is 12.7. The number of aliphatic hydroxyl groups excluding tert-OH is 1. The Morgan fingerprint density at radius 2 is 2.00 bits per heavy atom. The van der Waals surface area contributed by atoms with Gasteiger partial charge in [-0.3, -0.25) is 0 Å². The van der Waals surface area contributed by atoms with E-state index in [4.69, 9.17) is 4.74 Å². The molecule has 3 unspecified atom stereocenters. The topological polar surface area (TPSA) is 41.5 Å². The molecule has 1 aliphatic rings. The molecule has 0 spiro atoms. The van der Waals surface area contributed by atoms with Crippen LogP contribution in [0.15, 0.2) is 24.3 Å². The molecule has 1 fully saturated rings. The van der Waals surface area contributed by atoms with Crippen molar-refractivity contribution in [3.63, 3.8) is 0 Å². The highest BCUT2D eigenvalue weighted by atomic mass is 19.1. The second-order valence-electron chi connectivity index (χ2n) is 5.89. The second kappa shape index (κ2) is 8.35. The molecule has 0 aromatic heterocycles. The fraction of sp³-hybridized carbons (Fsp3) is 0.647. The summed E-state index contributed by atoms with van der Waals surface area (Å²) in [5, 5.41) is 13.5. The smallest absolute Gasteiger partial charge is 0.123 e. The predicted octanol–water partition coefficient (Wildman–Crippen LogP) is 3.12. The van der Waals surface area contributed by atoms with E-state index in [2.05, 4.69) is 12.2 Å². The molecule has 0 radical (unpaired) electrons. The van der Waals surface area contributed by atoms with Crippen LogP contribution >= 0.6 is 0 Å². The number of nitrogens with one attached hydrogen (secondary N) is 1. The van der Waals surface area contributed by atoms with Crippen molar-refractivity contribution < 1.29 is 14.2 Å². The Bertz CT molecular complexity index is 410. The van der Waals surface area contributed by atoms with Crippen LogP contribution < -0.4 is 10.1 Å². The fourth-order valence-corrected chi connectivity index (χ4v) is 3.03. The number of rotatable bonds is 7. The van der Waals surface area contributed by atoms with Crippen LogP contribution in [0.3, 0.4) is 0 Å². The number of hydrogen-bond acceptors (Lipinski definition) is 3. The molecule has 2 N–H and O–H groups in total. The van der Waals surface area contributed by atoms with Gasteiger partial charge in [0.2, 0.25) is 0 Å². The number of hydrogen-bond donors (Lipinski definition) is 2. The zero-order valence-corrected chi connectivity index (χ0v) is 12.7. The minimum atomic E-state index is -0.547. The first-order valence-corrected chi connectivity index (χ1v) is 7.99. The highest BCUT2D eigenvalue weighted by molar-refractivity contribution is 5.22. The van der Waals surface area contributed by atoms with Gasteiger partial charge in [0.15, 0.2) is 0 Å². The lowest BCUT2D eigenvalue weighted by Gasteiger charge is -2.32. The van der Waals surface area contributed by atoms with Crippen molar-refractivity contribution in [2.24, 2.45) is 5.92 Å². The Hall–Kier alpha value is -1.13. The summed E-state index contributed by atoms with van der Waals surface area (Å²) in [5.41, 5.74) is 0. The van der Waals surface area contributed by atoms with E-state index >= 15 is 0 Å². The third-order valence-electron chi connectivity index (χ3n) is 4.31. The largest absolute Gasteiger partial charge is 0.491 e. The molecule has 2 rings (SSSR count). The quantitative estimate of drug-likeness (QED) is 0.812. The third-order valence-corrected chi connectivity index (χ3v) is 4.31. The molecule has 1 aliphatic carbocycles. The summed E-state index contributed by atoms with van der Waals surface area (Å²) in [6, 6.07) is 6.37. The molecule has 21 heavy (non-hydrogen) atoms. The summed E-state index contributed by atoms with van der Waals surface area (Å²) >= 11 is 0. The lowest BCUT2D eigenvalue weighted by molar-refractivity contribution is 0.0973. The van der Waals surface area contributed by atoms with Crippen LogP contribution in [0.1, 0.15) is 39.0 Å². The molecule has 3 atom stereocenters. The number of benzene rings is 1. The summed E-state index contributed by atoms with van der Waals surface area (Å²) in [5.74, 6) is 1.02. The van der Waals surface area contributed by atoms with E-state index in [-0.39, 0.29) is 12.4 Å². The van der Waals surface area contributed by atoms with Gasteiger partial charge in [0.05, 0.1) is 0 Å². The molecule has 0 heterocycles. The van der Waals surface area contributed by atoms with Gasteiger partial charge < -0.3 is 15.2 Å². The summed E-state index contributed by atoms with van der Waals surface area (Å²) in [7, 11) is 0. The van der Waals surface area contributed by atoms with Gasteiger partial charge in [0.1, 0.15) is 24.3 Å². The van der Waals surface area contributed by atoms with Crippen molar-refractivity contribution in [1.29, 1.82) is 0 Å². The molecule has 1 saturated carbocycles. The van der Waals surface area contributed by atoms with Crippen LogP contribution in [0.25, 0.3) is 0 Å². The van der Waals surface area contributed by atoms with E-state index in [1.807, 2.05) is 0 Å². The minimum Gasteiger partial charge on any atom is -0.491 e. The van der Waals surface area contributed by atoms with Crippen molar-refractivity contribution in [3.8, 4) is 5.75 Å². The average Bonchev–Trinajstić information content (AvgIpc) is 2.52. The molecule has 118 valence electrons. The molecule has 0 saturated heterocycles. The highest BCUT2D eigenvalue weighted by Gasteiger charge is 2.23. The first-order valence-electron chi connectivity index (χ1n) is 7.99. The molecule has 3 nitrogen and oxygen atoms in total. The first-order chi connectivity index (χ1) is 10.2. The summed E-state index contributed by atoms with van der Waals surface area (Å²) in [6.45, 7) is 3.00. The van der Waals surface area contributed by atoms with E-state index in [0.29, 0.717) is 18.3 Å². The van der Waals surface area contributed by atoms with Gasteiger partial charge in [0, 0.05) is 12.6 Å². The summed E-state index contributed by atoms with van der Waals surface area (Å²) in [6.07, 6.45) is 5.73. The second-order valence-corrected chi connectivity index (χ2v) is 5.89. The maximum atomic E-state index is 12.8. The van der Waals surface area contributed by atoms with Crippen molar-refractivity contribution in [1.82, 2.24) is 5.32 Å². The van der Waals surface area contributed by atoms with Crippen molar-refractivity contribution >= 4 is 0 Å². The van der Waals surface area contributed by atoms with Crippen molar-refractivity contribution in [2.75, 3.05) is 13.2 Å². The van der Waals surface area contributed by atoms with Gasteiger partial charge in [-0.2, -0.15) is 0 Å². The fourth-order valence-electron chi connectivity index (χ4n) is 3.03. The Morgan fingerprint density at radius 1 is 1.29 bits per heavy atom. The monoisotopic (exact) mass is 295 g/mol. The van der Waals surface area contributed by atoms with E-state index in [1.54, 1.807) is 12.1 Å². The highest BCUT2D eigenvalue weighted by Crippen LogP contribution is 2.26. The standard InChI is InChI=1S/C17H26FNO2/c1-2-13-5-3-4-6-17(13)19-11-15(20)12-21-16-9-7-14(18)8-10-16/h7-10,13,15,17,19-20H,2-6,11-12H2,1H3. The van der Waals surface area contributed by atoms with Crippen LogP contribution in [-0.2, 0) is 0 Å². The van der Waals surface area contributed by atoms with Gasteiger partial charge in [0.25, 0.3) is 0 Å². The maximum Gasteiger partial charge on any atom is 0.123 e. The molecule has 0 aliphatic heterocycles. The minimum absolute atomic E-state index is 0.224. The normalized spacial score (nSPS) is 23.8. The molecular formula is C17H26FNO2.